The van der Waals surface area contributed by atoms with Crippen LogP contribution in [0.1, 0.15) is 49.9 Å². The van der Waals surface area contributed by atoms with E-state index in [-0.39, 0.29) is 12.6 Å². The Morgan fingerprint density at radius 3 is 2.17 bits per heavy atom. The minimum atomic E-state index is -0.342. The molecule has 0 radical (unpaired) electrons. The first-order chi connectivity index (χ1) is 11.7. The van der Waals surface area contributed by atoms with Gasteiger partial charge in [0.15, 0.2) is 0 Å². The molecule has 0 fully saturated rings. The third-order valence-electron chi connectivity index (χ3n) is 3.81. The number of nitrogen functional groups attached to an aromatic ring is 1. The van der Waals surface area contributed by atoms with Crippen LogP contribution in [0.15, 0.2) is 24.3 Å². The molecule has 5 nitrogen and oxygen atoms in total. The number of benzene rings is 1. The lowest BCUT2D eigenvalue weighted by Crippen LogP contribution is -2.30. The first-order valence-corrected chi connectivity index (χ1v) is 9.00. The molecular weight excluding hydrogens is 304 g/mol. The van der Waals surface area contributed by atoms with Gasteiger partial charge in [-0.2, -0.15) is 0 Å². The lowest BCUT2D eigenvalue weighted by Gasteiger charge is -2.21. The van der Waals surface area contributed by atoms with Gasteiger partial charge in [0.2, 0.25) is 0 Å². The van der Waals surface area contributed by atoms with E-state index in [0.717, 1.165) is 19.6 Å². The third kappa shape index (κ3) is 8.89. The molecule has 0 aromatic heterocycles. The Bertz CT molecular complexity index is 440. The average molecular weight is 336 g/mol. The molecule has 0 atom stereocenters. The van der Waals surface area contributed by atoms with E-state index in [9.17, 15) is 4.79 Å². The highest BCUT2D eigenvalue weighted by Crippen LogP contribution is 2.06. The number of hydrogen-bond acceptors (Lipinski definition) is 5. The number of hydrogen-bond donors (Lipinski definition) is 1. The summed E-state index contributed by atoms with van der Waals surface area (Å²) in [5, 5.41) is 0. The number of anilines is 1. The van der Waals surface area contributed by atoms with E-state index < -0.39 is 0 Å². The predicted octanol–water partition coefficient (Wildman–Crippen LogP) is 3.34. The van der Waals surface area contributed by atoms with E-state index in [1.807, 2.05) is 0 Å². The SMILES string of the molecule is CCCCN(CCCC)CCOCCOC(=O)c1ccc(N)cc1. The van der Waals surface area contributed by atoms with Crippen LogP contribution in [0.4, 0.5) is 5.69 Å². The van der Waals surface area contributed by atoms with Crippen molar-refractivity contribution in [1.82, 2.24) is 4.90 Å². The van der Waals surface area contributed by atoms with E-state index in [4.69, 9.17) is 15.2 Å². The zero-order chi connectivity index (χ0) is 17.6. The van der Waals surface area contributed by atoms with Crippen molar-refractivity contribution in [3.8, 4) is 0 Å². The molecule has 136 valence electrons. The summed E-state index contributed by atoms with van der Waals surface area (Å²) < 4.78 is 10.8. The fourth-order valence-electron chi connectivity index (χ4n) is 2.29. The standard InChI is InChI=1S/C19H32N2O3/c1-3-5-11-21(12-6-4-2)13-14-23-15-16-24-19(22)17-7-9-18(20)10-8-17/h7-10H,3-6,11-16,20H2,1-2H3. The van der Waals surface area contributed by atoms with Crippen LogP contribution in [-0.4, -0.2) is 50.3 Å². The van der Waals surface area contributed by atoms with Crippen molar-refractivity contribution in [2.45, 2.75) is 39.5 Å². The molecule has 0 saturated carbocycles. The van der Waals surface area contributed by atoms with Gasteiger partial charge in [0.05, 0.1) is 18.8 Å². The number of ether oxygens (including phenoxy) is 2. The molecule has 0 aliphatic heterocycles. The molecule has 2 N–H and O–H groups in total. The maximum absolute atomic E-state index is 11.8. The van der Waals surface area contributed by atoms with Crippen LogP contribution >= 0.6 is 0 Å². The molecule has 1 aromatic carbocycles. The fraction of sp³-hybridized carbons (Fsp3) is 0.632. The second-order valence-electron chi connectivity index (χ2n) is 5.92. The Labute approximate surface area is 146 Å². The van der Waals surface area contributed by atoms with E-state index in [2.05, 4.69) is 18.7 Å². The van der Waals surface area contributed by atoms with Gasteiger partial charge in [0.1, 0.15) is 6.61 Å². The molecule has 0 amide bonds. The first-order valence-electron chi connectivity index (χ1n) is 9.00. The number of rotatable bonds is 13. The number of nitrogens with zero attached hydrogens (tertiary/aromatic N) is 1. The van der Waals surface area contributed by atoms with Gasteiger partial charge < -0.3 is 20.1 Å². The van der Waals surface area contributed by atoms with Crippen LogP contribution in [0.25, 0.3) is 0 Å². The maximum Gasteiger partial charge on any atom is 0.338 e. The van der Waals surface area contributed by atoms with Gasteiger partial charge in [-0.25, -0.2) is 4.79 Å². The number of nitrogens with two attached hydrogens (primary N) is 1. The second kappa shape index (κ2) is 12.8. The van der Waals surface area contributed by atoms with Gasteiger partial charge in [0, 0.05) is 12.2 Å². The van der Waals surface area contributed by atoms with Crippen LogP contribution in [0, 0.1) is 0 Å². The highest BCUT2D eigenvalue weighted by molar-refractivity contribution is 5.89. The summed E-state index contributed by atoms with van der Waals surface area (Å²) in [6.07, 6.45) is 4.88. The molecule has 0 saturated heterocycles. The Morgan fingerprint density at radius 2 is 1.58 bits per heavy atom. The van der Waals surface area contributed by atoms with Crippen LogP contribution in [0.2, 0.25) is 0 Å². The van der Waals surface area contributed by atoms with Crippen molar-refractivity contribution in [3.05, 3.63) is 29.8 Å². The van der Waals surface area contributed by atoms with Gasteiger partial charge in [-0.1, -0.05) is 26.7 Å². The Balaban J connectivity index is 2.13. The molecular formula is C19H32N2O3. The molecule has 1 rings (SSSR count). The minimum Gasteiger partial charge on any atom is -0.460 e. The lowest BCUT2D eigenvalue weighted by atomic mass is 10.2. The fourth-order valence-corrected chi connectivity index (χ4v) is 2.29. The van der Waals surface area contributed by atoms with Gasteiger partial charge in [-0.3, -0.25) is 0 Å². The van der Waals surface area contributed by atoms with Crippen molar-refractivity contribution >= 4 is 11.7 Å². The zero-order valence-corrected chi connectivity index (χ0v) is 15.1. The molecule has 0 unspecified atom stereocenters. The number of carbonyl (C=O) groups excluding carboxylic acids is 1. The predicted molar refractivity (Wildman–Crippen MR) is 98.2 cm³/mol. The Hall–Kier alpha value is -1.59. The number of esters is 1. The molecule has 0 spiro atoms. The lowest BCUT2D eigenvalue weighted by molar-refractivity contribution is 0.0281. The Morgan fingerprint density at radius 1 is 0.958 bits per heavy atom. The molecule has 0 bridgehead atoms. The molecule has 1 aromatic rings. The van der Waals surface area contributed by atoms with Crippen LogP contribution in [0.3, 0.4) is 0 Å². The summed E-state index contributed by atoms with van der Waals surface area (Å²) >= 11 is 0. The third-order valence-corrected chi connectivity index (χ3v) is 3.81. The Kier molecular flexibility index (Phi) is 10.9. The van der Waals surface area contributed by atoms with Crippen molar-refractivity contribution in [2.24, 2.45) is 0 Å². The van der Waals surface area contributed by atoms with Crippen LogP contribution < -0.4 is 5.73 Å². The summed E-state index contributed by atoms with van der Waals surface area (Å²) in [5.41, 5.74) is 6.73. The summed E-state index contributed by atoms with van der Waals surface area (Å²) in [7, 11) is 0. The number of carbonyl (C=O) groups is 1. The summed E-state index contributed by atoms with van der Waals surface area (Å²) in [4.78, 5) is 14.3. The van der Waals surface area contributed by atoms with E-state index >= 15 is 0 Å². The molecule has 0 heterocycles. The highest BCUT2D eigenvalue weighted by Gasteiger charge is 2.07. The van der Waals surface area contributed by atoms with Crippen molar-refractivity contribution in [2.75, 3.05) is 45.2 Å². The van der Waals surface area contributed by atoms with Gasteiger partial charge in [0.25, 0.3) is 0 Å². The maximum atomic E-state index is 11.8. The quantitative estimate of drug-likeness (QED) is 0.340. The molecule has 24 heavy (non-hydrogen) atoms. The largest absolute Gasteiger partial charge is 0.460 e. The van der Waals surface area contributed by atoms with Gasteiger partial charge >= 0.3 is 5.97 Å². The molecule has 5 heteroatoms. The summed E-state index contributed by atoms with van der Waals surface area (Å²) in [6.45, 7) is 8.99. The average Bonchev–Trinajstić information content (AvgIpc) is 2.59. The van der Waals surface area contributed by atoms with Crippen LogP contribution in [0.5, 0.6) is 0 Å². The number of unbranched alkanes of at least 4 members (excludes halogenated alkanes) is 2. The van der Waals surface area contributed by atoms with Gasteiger partial charge in [-0.15, -0.1) is 0 Å². The topological polar surface area (TPSA) is 64.8 Å². The van der Waals surface area contributed by atoms with E-state index in [1.165, 1.54) is 25.7 Å². The van der Waals surface area contributed by atoms with Gasteiger partial charge in [-0.05, 0) is 50.2 Å². The minimum absolute atomic E-state index is 0.271. The molecule has 0 aliphatic rings. The van der Waals surface area contributed by atoms with Crippen molar-refractivity contribution in [1.29, 1.82) is 0 Å². The monoisotopic (exact) mass is 336 g/mol. The normalized spacial score (nSPS) is 11.0. The first kappa shape index (κ1) is 20.5. The smallest absolute Gasteiger partial charge is 0.338 e. The molecule has 0 aliphatic carbocycles. The highest BCUT2D eigenvalue weighted by atomic mass is 16.6. The van der Waals surface area contributed by atoms with Crippen molar-refractivity contribution in [3.63, 3.8) is 0 Å². The van der Waals surface area contributed by atoms with E-state index in [1.54, 1.807) is 24.3 Å². The summed E-state index contributed by atoms with van der Waals surface area (Å²) in [5.74, 6) is -0.342. The second-order valence-corrected chi connectivity index (χ2v) is 5.92. The summed E-state index contributed by atoms with van der Waals surface area (Å²) in [6, 6.07) is 6.71. The van der Waals surface area contributed by atoms with E-state index in [0.29, 0.717) is 24.5 Å². The van der Waals surface area contributed by atoms with Crippen molar-refractivity contribution < 1.29 is 14.3 Å². The zero-order valence-electron chi connectivity index (χ0n) is 15.1. The van der Waals surface area contributed by atoms with Crippen LogP contribution in [-0.2, 0) is 9.47 Å².